The van der Waals surface area contributed by atoms with Gasteiger partial charge in [-0.3, -0.25) is 0 Å². The standard InChI is InChI=1S/C12H20N4OS/c1-4-9-8-16(5-6-17-9)11-7-10(13-2)14-12(15-11)18-3/h7,9H,4-6,8H2,1-3H3,(H,13,14,15). The van der Waals surface area contributed by atoms with E-state index in [1.807, 2.05) is 19.4 Å². The van der Waals surface area contributed by atoms with Crippen LogP contribution in [-0.4, -0.2) is 49.1 Å². The molecule has 0 aromatic carbocycles. The molecule has 1 atom stereocenters. The quantitative estimate of drug-likeness (QED) is 0.664. The van der Waals surface area contributed by atoms with Crippen LogP contribution in [0.2, 0.25) is 0 Å². The number of hydrogen-bond donors (Lipinski definition) is 1. The minimum atomic E-state index is 0.310. The molecule has 1 aliphatic rings. The fraction of sp³-hybridized carbons (Fsp3) is 0.667. The van der Waals surface area contributed by atoms with Crippen molar-refractivity contribution in [3.8, 4) is 0 Å². The second kappa shape index (κ2) is 6.24. The van der Waals surface area contributed by atoms with Crippen molar-refractivity contribution < 1.29 is 4.74 Å². The molecule has 2 rings (SSSR count). The zero-order chi connectivity index (χ0) is 13.0. The summed E-state index contributed by atoms with van der Waals surface area (Å²) in [5, 5.41) is 3.89. The highest BCUT2D eigenvalue weighted by atomic mass is 32.2. The molecule has 1 unspecified atom stereocenters. The van der Waals surface area contributed by atoms with Gasteiger partial charge in [0.15, 0.2) is 5.16 Å². The fourth-order valence-electron chi connectivity index (χ4n) is 1.97. The van der Waals surface area contributed by atoms with Gasteiger partial charge in [-0.25, -0.2) is 9.97 Å². The van der Waals surface area contributed by atoms with Crippen molar-refractivity contribution in [2.24, 2.45) is 0 Å². The van der Waals surface area contributed by atoms with Crippen LogP contribution in [0.25, 0.3) is 0 Å². The lowest BCUT2D eigenvalue weighted by molar-refractivity contribution is 0.0381. The third-order valence-corrected chi connectivity index (χ3v) is 3.60. The van der Waals surface area contributed by atoms with Crippen molar-refractivity contribution in [3.63, 3.8) is 0 Å². The molecule has 1 N–H and O–H groups in total. The highest BCUT2D eigenvalue weighted by molar-refractivity contribution is 7.98. The zero-order valence-corrected chi connectivity index (χ0v) is 12.0. The summed E-state index contributed by atoms with van der Waals surface area (Å²) in [7, 11) is 1.88. The monoisotopic (exact) mass is 268 g/mol. The molecule has 1 aromatic rings. The van der Waals surface area contributed by atoms with Crippen LogP contribution in [0.15, 0.2) is 11.2 Å². The molecule has 0 aliphatic carbocycles. The number of morpholine rings is 1. The SMILES string of the molecule is CCC1CN(c2cc(NC)nc(SC)n2)CCO1. The van der Waals surface area contributed by atoms with Crippen LogP contribution in [-0.2, 0) is 4.74 Å². The average molecular weight is 268 g/mol. The second-order valence-electron chi connectivity index (χ2n) is 4.20. The van der Waals surface area contributed by atoms with Gasteiger partial charge in [-0.1, -0.05) is 18.7 Å². The van der Waals surface area contributed by atoms with Crippen molar-refractivity contribution in [1.29, 1.82) is 0 Å². The Balaban J connectivity index is 2.20. The number of ether oxygens (including phenoxy) is 1. The normalized spacial score (nSPS) is 19.9. The molecule has 0 amide bonds. The predicted octanol–water partition coefficient (Wildman–Crippen LogP) is 1.86. The Labute approximate surface area is 112 Å². The fourth-order valence-corrected chi connectivity index (χ4v) is 2.34. The Morgan fingerprint density at radius 2 is 2.39 bits per heavy atom. The Morgan fingerprint density at radius 1 is 1.56 bits per heavy atom. The van der Waals surface area contributed by atoms with E-state index in [4.69, 9.17) is 4.74 Å². The molecular formula is C12H20N4OS. The highest BCUT2D eigenvalue weighted by Crippen LogP contribution is 2.22. The van der Waals surface area contributed by atoms with Gasteiger partial charge in [-0.2, -0.15) is 0 Å². The lowest BCUT2D eigenvalue weighted by atomic mass is 10.2. The summed E-state index contributed by atoms with van der Waals surface area (Å²) in [6.07, 6.45) is 3.34. The molecule has 0 saturated carbocycles. The lowest BCUT2D eigenvalue weighted by Gasteiger charge is -2.33. The van der Waals surface area contributed by atoms with Gasteiger partial charge in [0, 0.05) is 26.2 Å². The summed E-state index contributed by atoms with van der Waals surface area (Å²) in [5.41, 5.74) is 0. The molecule has 1 aliphatic heterocycles. The summed E-state index contributed by atoms with van der Waals surface area (Å²) in [5.74, 6) is 1.85. The van der Waals surface area contributed by atoms with Gasteiger partial charge in [0.25, 0.3) is 0 Å². The van der Waals surface area contributed by atoms with Gasteiger partial charge in [-0.15, -0.1) is 0 Å². The predicted molar refractivity (Wildman–Crippen MR) is 75.6 cm³/mol. The van der Waals surface area contributed by atoms with E-state index < -0.39 is 0 Å². The van der Waals surface area contributed by atoms with Crippen molar-refractivity contribution in [2.75, 3.05) is 43.2 Å². The van der Waals surface area contributed by atoms with E-state index in [2.05, 4.69) is 27.1 Å². The Morgan fingerprint density at radius 3 is 3.06 bits per heavy atom. The van der Waals surface area contributed by atoms with Crippen LogP contribution in [0.4, 0.5) is 11.6 Å². The molecule has 0 bridgehead atoms. The molecule has 100 valence electrons. The number of aromatic nitrogens is 2. The van der Waals surface area contributed by atoms with Crippen molar-refractivity contribution >= 4 is 23.4 Å². The van der Waals surface area contributed by atoms with E-state index in [9.17, 15) is 0 Å². The summed E-state index contributed by atoms with van der Waals surface area (Å²) in [6.45, 7) is 4.72. The van der Waals surface area contributed by atoms with Crippen LogP contribution in [0.1, 0.15) is 13.3 Å². The first-order valence-corrected chi connectivity index (χ1v) is 7.46. The van der Waals surface area contributed by atoms with Crippen LogP contribution >= 0.6 is 11.8 Å². The zero-order valence-electron chi connectivity index (χ0n) is 11.1. The van der Waals surface area contributed by atoms with E-state index in [0.717, 1.165) is 42.9 Å². The molecule has 2 heterocycles. The molecule has 1 aromatic heterocycles. The molecule has 18 heavy (non-hydrogen) atoms. The maximum Gasteiger partial charge on any atom is 0.191 e. The van der Waals surface area contributed by atoms with Gasteiger partial charge in [0.2, 0.25) is 0 Å². The smallest absolute Gasteiger partial charge is 0.191 e. The minimum absolute atomic E-state index is 0.310. The number of nitrogens with zero attached hydrogens (tertiary/aromatic N) is 3. The van der Waals surface area contributed by atoms with Gasteiger partial charge in [0.05, 0.1) is 12.7 Å². The Hall–Kier alpha value is -1.01. The molecule has 1 saturated heterocycles. The first kappa shape index (κ1) is 13.4. The van der Waals surface area contributed by atoms with Crippen LogP contribution < -0.4 is 10.2 Å². The van der Waals surface area contributed by atoms with Crippen molar-refractivity contribution in [2.45, 2.75) is 24.6 Å². The molecular weight excluding hydrogens is 248 g/mol. The van der Waals surface area contributed by atoms with E-state index >= 15 is 0 Å². The van der Waals surface area contributed by atoms with Crippen LogP contribution in [0.5, 0.6) is 0 Å². The third-order valence-electron chi connectivity index (χ3n) is 3.05. The van der Waals surface area contributed by atoms with E-state index in [1.165, 1.54) is 0 Å². The van der Waals surface area contributed by atoms with E-state index in [0.29, 0.717) is 6.10 Å². The number of thioether (sulfide) groups is 1. The molecule has 0 radical (unpaired) electrons. The molecule has 1 fully saturated rings. The number of anilines is 2. The summed E-state index contributed by atoms with van der Waals surface area (Å²) in [6, 6.07) is 2.00. The number of hydrogen-bond acceptors (Lipinski definition) is 6. The Kier molecular flexibility index (Phi) is 4.66. The van der Waals surface area contributed by atoms with Crippen molar-refractivity contribution in [3.05, 3.63) is 6.07 Å². The molecule has 6 heteroatoms. The Bertz CT molecular complexity index is 379. The average Bonchev–Trinajstić information content (AvgIpc) is 2.46. The first-order valence-electron chi connectivity index (χ1n) is 6.24. The second-order valence-corrected chi connectivity index (χ2v) is 4.97. The third kappa shape index (κ3) is 3.05. The van der Waals surface area contributed by atoms with E-state index in [-0.39, 0.29) is 0 Å². The molecule has 5 nitrogen and oxygen atoms in total. The largest absolute Gasteiger partial charge is 0.375 e. The van der Waals surface area contributed by atoms with Gasteiger partial charge < -0.3 is 15.0 Å². The van der Waals surface area contributed by atoms with E-state index in [1.54, 1.807) is 11.8 Å². The topological polar surface area (TPSA) is 50.3 Å². The summed E-state index contributed by atoms with van der Waals surface area (Å²) in [4.78, 5) is 11.2. The van der Waals surface area contributed by atoms with Gasteiger partial charge >= 0.3 is 0 Å². The van der Waals surface area contributed by atoms with Crippen LogP contribution in [0, 0.1) is 0 Å². The van der Waals surface area contributed by atoms with Gasteiger partial charge in [0.1, 0.15) is 11.6 Å². The highest BCUT2D eigenvalue weighted by Gasteiger charge is 2.20. The number of rotatable bonds is 4. The first-order chi connectivity index (χ1) is 8.76. The lowest BCUT2D eigenvalue weighted by Crippen LogP contribution is -2.42. The minimum Gasteiger partial charge on any atom is -0.375 e. The summed E-state index contributed by atoms with van der Waals surface area (Å²) >= 11 is 1.56. The van der Waals surface area contributed by atoms with Crippen LogP contribution in [0.3, 0.4) is 0 Å². The van der Waals surface area contributed by atoms with Gasteiger partial charge in [-0.05, 0) is 12.7 Å². The number of nitrogens with one attached hydrogen (secondary N) is 1. The molecule has 0 spiro atoms. The van der Waals surface area contributed by atoms with Crippen molar-refractivity contribution in [1.82, 2.24) is 9.97 Å². The summed E-state index contributed by atoms with van der Waals surface area (Å²) < 4.78 is 5.69. The maximum atomic E-state index is 5.69. The maximum absolute atomic E-state index is 5.69.